The number of benzene rings is 1. The van der Waals surface area contributed by atoms with Gasteiger partial charge in [-0.2, -0.15) is 4.31 Å². The number of rotatable bonds is 10. The van der Waals surface area contributed by atoms with Crippen LogP contribution in [0.1, 0.15) is 34.6 Å². The molecule has 2 atom stereocenters. The third-order valence-electron chi connectivity index (χ3n) is 4.30. The van der Waals surface area contributed by atoms with Crippen molar-refractivity contribution in [3.63, 3.8) is 0 Å². The van der Waals surface area contributed by atoms with Crippen LogP contribution in [0, 0.1) is 16.0 Å². The van der Waals surface area contributed by atoms with Gasteiger partial charge in [0.1, 0.15) is 5.69 Å². The Labute approximate surface area is 159 Å². The first-order valence-electron chi connectivity index (χ1n) is 8.81. The van der Waals surface area contributed by atoms with E-state index in [2.05, 4.69) is 5.32 Å². The van der Waals surface area contributed by atoms with E-state index >= 15 is 0 Å². The average Bonchev–Trinajstić information content (AvgIpc) is 2.61. The topological polar surface area (TPSA) is 119 Å². The second kappa shape index (κ2) is 9.65. The minimum atomic E-state index is -3.81. The van der Waals surface area contributed by atoms with Crippen molar-refractivity contribution in [1.82, 2.24) is 4.31 Å². The molecule has 27 heavy (non-hydrogen) atoms. The number of ether oxygens (including phenoxy) is 1. The summed E-state index contributed by atoms with van der Waals surface area (Å²) in [4.78, 5) is 22.5. The standard InChI is InChI=1S/C17H27N3O6S/c1-6-19(7-2)27(24,25)14-9-10-15(16(11-14)20(22)23)18-13(5)12(4)17(21)26-8-3/h9-13,18H,6-8H2,1-5H3. The van der Waals surface area contributed by atoms with Gasteiger partial charge in [0.25, 0.3) is 5.69 Å². The Morgan fingerprint density at radius 2 is 1.85 bits per heavy atom. The Morgan fingerprint density at radius 1 is 1.26 bits per heavy atom. The molecule has 0 heterocycles. The second-order valence-corrected chi connectivity index (χ2v) is 7.94. The first-order chi connectivity index (χ1) is 12.6. The molecule has 0 aliphatic heterocycles. The van der Waals surface area contributed by atoms with Gasteiger partial charge in [0.05, 0.1) is 22.3 Å². The first-order valence-corrected chi connectivity index (χ1v) is 10.3. The van der Waals surface area contributed by atoms with E-state index in [9.17, 15) is 23.3 Å². The van der Waals surface area contributed by atoms with Gasteiger partial charge in [0.15, 0.2) is 0 Å². The lowest BCUT2D eigenvalue weighted by atomic mass is 10.0. The lowest BCUT2D eigenvalue weighted by Crippen LogP contribution is -2.32. The van der Waals surface area contributed by atoms with E-state index in [0.717, 1.165) is 6.07 Å². The molecule has 0 bridgehead atoms. The van der Waals surface area contributed by atoms with Crippen molar-refractivity contribution >= 4 is 27.4 Å². The average molecular weight is 401 g/mol. The molecule has 1 aromatic rings. The van der Waals surface area contributed by atoms with Gasteiger partial charge < -0.3 is 10.1 Å². The zero-order chi connectivity index (χ0) is 20.8. The van der Waals surface area contributed by atoms with Crippen LogP contribution in [0.2, 0.25) is 0 Å². The summed E-state index contributed by atoms with van der Waals surface area (Å²) in [7, 11) is -3.81. The van der Waals surface area contributed by atoms with E-state index in [0.29, 0.717) is 0 Å². The number of nitrogens with one attached hydrogen (secondary N) is 1. The molecule has 1 rings (SSSR count). The Hall–Kier alpha value is -2.20. The van der Waals surface area contributed by atoms with Gasteiger partial charge in [-0.25, -0.2) is 8.42 Å². The van der Waals surface area contributed by atoms with E-state index in [1.54, 1.807) is 34.6 Å². The molecule has 0 fully saturated rings. The maximum atomic E-state index is 12.6. The van der Waals surface area contributed by atoms with Gasteiger partial charge in [0, 0.05) is 25.2 Å². The van der Waals surface area contributed by atoms with Crippen LogP contribution in [-0.2, 0) is 19.6 Å². The van der Waals surface area contributed by atoms with Crippen LogP contribution in [0.15, 0.2) is 23.1 Å². The third-order valence-corrected chi connectivity index (χ3v) is 6.35. The summed E-state index contributed by atoms with van der Waals surface area (Å²) >= 11 is 0. The minimum absolute atomic E-state index is 0.141. The molecule has 0 saturated heterocycles. The zero-order valence-electron chi connectivity index (χ0n) is 16.3. The van der Waals surface area contributed by atoms with Crippen molar-refractivity contribution in [2.24, 2.45) is 5.92 Å². The van der Waals surface area contributed by atoms with Gasteiger partial charge >= 0.3 is 5.97 Å². The van der Waals surface area contributed by atoms with Crippen LogP contribution < -0.4 is 5.32 Å². The fraction of sp³-hybridized carbons (Fsp3) is 0.588. The summed E-state index contributed by atoms with van der Waals surface area (Å²) in [6.07, 6.45) is 0. The van der Waals surface area contributed by atoms with Crippen LogP contribution in [-0.4, -0.2) is 49.4 Å². The summed E-state index contributed by atoms with van der Waals surface area (Å²) in [6, 6.07) is 3.26. The molecule has 10 heteroatoms. The van der Waals surface area contributed by atoms with E-state index < -0.39 is 32.9 Å². The van der Waals surface area contributed by atoms with Crippen LogP contribution in [0.5, 0.6) is 0 Å². The Kier molecular flexibility index (Phi) is 8.17. The highest BCUT2D eigenvalue weighted by atomic mass is 32.2. The smallest absolute Gasteiger partial charge is 0.310 e. The predicted octanol–water partition coefficient (Wildman–Crippen LogP) is 2.62. The highest BCUT2D eigenvalue weighted by Crippen LogP contribution is 2.30. The lowest BCUT2D eigenvalue weighted by molar-refractivity contribution is -0.384. The predicted molar refractivity (Wildman–Crippen MR) is 102 cm³/mol. The number of hydrogen-bond acceptors (Lipinski definition) is 7. The van der Waals surface area contributed by atoms with Crippen molar-refractivity contribution in [2.75, 3.05) is 25.0 Å². The summed E-state index contributed by atoms with van der Waals surface area (Å²) in [5, 5.41) is 14.4. The van der Waals surface area contributed by atoms with E-state index in [1.807, 2.05) is 0 Å². The highest BCUT2D eigenvalue weighted by molar-refractivity contribution is 7.89. The molecular formula is C17H27N3O6S. The largest absolute Gasteiger partial charge is 0.466 e. The summed E-state index contributed by atoms with van der Waals surface area (Å²) in [6.45, 7) is 9.22. The Balaban J connectivity index is 3.21. The number of anilines is 1. The van der Waals surface area contributed by atoms with Crippen molar-refractivity contribution in [3.8, 4) is 0 Å². The maximum Gasteiger partial charge on any atom is 0.310 e. The van der Waals surface area contributed by atoms with Gasteiger partial charge in [-0.3, -0.25) is 14.9 Å². The molecule has 0 amide bonds. The van der Waals surface area contributed by atoms with Gasteiger partial charge in [-0.1, -0.05) is 13.8 Å². The highest BCUT2D eigenvalue weighted by Gasteiger charge is 2.28. The third kappa shape index (κ3) is 5.39. The Morgan fingerprint density at radius 3 is 2.33 bits per heavy atom. The molecule has 1 N–H and O–H groups in total. The monoisotopic (exact) mass is 401 g/mol. The van der Waals surface area contributed by atoms with E-state index in [4.69, 9.17) is 4.74 Å². The number of nitrogens with zero attached hydrogens (tertiary/aromatic N) is 2. The first kappa shape index (κ1) is 22.8. The number of esters is 1. The molecule has 9 nitrogen and oxygen atoms in total. The Bertz CT molecular complexity index is 777. The molecule has 0 aromatic heterocycles. The molecule has 152 valence electrons. The molecular weight excluding hydrogens is 374 g/mol. The summed E-state index contributed by atoms with van der Waals surface area (Å²) < 4.78 is 31.4. The van der Waals surface area contributed by atoms with Crippen molar-refractivity contribution < 1.29 is 22.9 Å². The van der Waals surface area contributed by atoms with Crippen LogP contribution >= 0.6 is 0 Å². The maximum absolute atomic E-state index is 12.6. The van der Waals surface area contributed by atoms with Gasteiger partial charge in [-0.15, -0.1) is 0 Å². The van der Waals surface area contributed by atoms with Crippen molar-refractivity contribution in [1.29, 1.82) is 0 Å². The zero-order valence-corrected chi connectivity index (χ0v) is 17.1. The lowest BCUT2D eigenvalue weighted by Gasteiger charge is -2.22. The number of hydrogen-bond donors (Lipinski definition) is 1. The van der Waals surface area contributed by atoms with Crippen LogP contribution in [0.25, 0.3) is 0 Å². The van der Waals surface area contributed by atoms with E-state index in [1.165, 1.54) is 16.4 Å². The fourth-order valence-electron chi connectivity index (χ4n) is 2.51. The summed E-state index contributed by atoms with van der Waals surface area (Å²) in [5.41, 5.74) is -0.228. The normalized spacial score (nSPS) is 13.9. The second-order valence-electron chi connectivity index (χ2n) is 6.00. The van der Waals surface area contributed by atoms with Crippen LogP contribution in [0.4, 0.5) is 11.4 Å². The van der Waals surface area contributed by atoms with Crippen molar-refractivity contribution in [2.45, 2.75) is 45.6 Å². The molecule has 0 aliphatic rings. The van der Waals surface area contributed by atoms with Gasteiger partial charge in [-0.05, 0) is 32.9 Å². The number of nitro groups is 1. The number of carbonyl (C=O) groups is 1. The molecule has 0 radical (unpaired) electrons. The number of carbonyl (C=O) groups excluding carboxylic acids is 1. The molecule has 1 aromatic carbocycles. The minimum Gasteiger partial charge on any atom is -0.466 e. The quantitative estimate of drug-likeness (QED) is 0.363. The SMILES string of the molecule is CCOC(=O)C(C)C(C)Nc1ccc(S(=O)(=O)N(CC)CC)cc1[N+](=O)[O-]. The molecule has 0 aliphatic carbocycles. The molecule has 0 spiro atoms. The van der Waals surface area contributed by atoms with Gasteiger partial charge in [0.2, 0.25) is 10.0 Å². The molecule has 2 unspecified atom stereocenters. The van der Waals surface area contributed by atoms with E-state index in [-0.39, 0.29) is 36.0 Å². The van der Waals surface area contributed by atoms with Crippen molar-refractivity contribution in [3.05, 3.63) is 28.3 Å². The summed E-state index contributed by atoms with van der Waals surface area (Å²) in [5.74, 6) is -0.954. The van der Waals surface area contributed by atoms with Crippen LogP contribution in [0.3, 0.4) is 0 Å². The fourth-order valence-corrected chi connectivity index (χ4v) is 3.98. The number of nitro benzene ring substituents is 1. The number of sulfonamides is 1. The molecule has 0 saturated carbocycles.